The minimum Gasteiger partial charge on any atom is -0.360 e. The van der Waals surface area contributed by atoms with Crippen LogP contribution in [-0.2, 0) is 4.74 Å². The number of aromatic nitrogens is 2. The Labute approximate surface area is 127 Å². The Balaban J connectivity index is 1.93. The molecule has 1 aromatic carbocycles. The van der Waals surface area contributed by atoms with E-state index in [1.807, 2.05) is 35.2 Å². The van der Waals surface area contributed by atoms with Crippen molar-refractivity contribution in [2.75, 3.05) is 24.6 Å². The lowest BCUT2D eigenvalue weighted by Gasteiger charge is -2.30. The first-order chi connectivity index (χ1) is 10.3. The van der Waals surface area contributed by atoms with E-state index in [1.54, 1.807) is 6.07 Å². The molecule has 1 atom stereocenters. The molecule has 0 radical (unpaired) electrons. The SMILES string of the molecule is N#CC1CN(c2cc(Cl)nc(-c3ccccc3)n2)CCO1. The first-order valence-corrected chi connectivity index (χ1v) is 7.00. The Hall–Kier alpha value is -2.16. The monoisotopic (exact) mass is 300 g/mol. The summed E-state index contributed by atoms with van der Waals surface area (Å²) in [5.74, 6) is 1.30. The van der Waals surface area contributed by atoms with E-state index in [2.05, 4.69) is 16.0 Å². The number of ether oxygens (including phenoxy) is 1. The van der Waals surface area contributed by atoms with E-state index in [0.717, 1.165) is 11.4 Å². The van der Waals surface area contributed by atoms with E-state index < -0.39 is 6.10 Å². The van der Waals surface area contributed by atoms with Gasteiger partial charge in [0.2, 0.25) is 0 Å². The molecule has 1 aliphatic heterocycles. The number of halogens is 1. The molecule has 0 N–H and O–H groups in total. The summed E-state index contributed by atoms with van der Waals surface area (Å²) in [6.45, 7) is 1.67. The van der Waals surface area contributed by atoms with E-state index in [4.69, 9.17) is 21.6 Å². The van der Waals surface area contributed by atoms with Gasteiger partial charge in [0.15, 0.2) is 11.9 Å². The van der Waals surface area contributed by atoms with Crippen molar-refractivity contribution in [1.29, 1.82) is 5.26 Å². The molecule has 3 rings (SSSR count). The van der Waals surface area contributed by atoms with Crippen molar-refractivity contribution in [3.8, 4) is 17.5 Å². The number of hydrogen-bond donors (Lipinski definition) is 0. The fourth-order valence-electron chi connectivity index (χ4n) is 2.22. The first kappa shape index (κ1) is 13.8. The highest BCUT2D eigenvalue weighted by Crippen LogP contribution is 2.23. The molecule has 106 valence electrons. The molecule has 0 amide bonds. The molecule has 21 heavy (non-hydrogen) atoms. The fourth-order valence-corrected chi connectivity index (χ4v) is 2.40. The smallest absolute Gasteiger partial charge is 0.163 e. The third-order valence-corrected chi connectivity index (χ3v) is 3.44. The van der Waals surface area contributed by atoms with Crippen LogP contribution in [0, 0.1) is 11.3 Å². The van der Waals surface area contributed by atoms with Gasteiger partial charge in [0.25, 0.3) is 0 Å². The summed E-state index contributed by atoms with van der Waals surface area (Å²) in [5.41, 5.74) is 0.909. The summed E-state index contributed by atoms with van der Waals surface area (Å²) >= 11 is 6.12. The summed E-state index contributed by atoms with van der Waals surface area (Å²) in [7, 11) is 0. The van der Waals surface area contributed by atoms with Crippen LogP contribution < -0.4 is 4.90 Å². The van der Waals surface area contributed by atoms with Crippen LogP contribution in [0.25, 0.3) is 11.4 Å². The van der Waals surface area contributed by atoms with Gasteiger partial charge in [-0.1, -0.05) is 41.9 Å². The molecule has 1 aromatic heterocycles. The van der Waals surface area contributed by atoms with Crippen molar-refractivity contribution in [3.63, 3.8) is 0 Å². The third-order valence-electron chi connectivity index (χ3n) is 3.25. The van der Waals surface area contributed by atoms with Gasteiger partial charge in [0.1, 0.15) is 11.0 Å². The summed E-state index contributed by atoms with van der Waals surface area (Å²) in [4.78, 5) is 10.8. The average molecular weight is 301 g/mol. The van der Waals surface area contributed by atoms with Crippen LogP contribution in [0.15, 0.2) is 36.4 Å². The number of nitrogens with zero attached hydrogens (tertiary/aromatic N) is 4. The Morgan fingerprint density at radius 1 is 1.29 bits per heavy atom. The summed E-state index contributed by atoms with van der Waals surface area (Å²) < 4.78 is 5.34. The Bertz CT molecular complexity index is 671. The zero-order valence-electron chi connectivity index (χ0n) is 11.2. The van der Waals surface area contributed by atoms with E-state index >= 15 is 0 Å². The second kappa shape index (κ2) is 6.08. The number of hydrogen-bond acceptors (Lipinski definition) is 5. The van der Waals surface area contributed by atoms with Crippen LogP contribution in [0.1, 0.15) is 0 Å². The quantitative estimate of drug-likeness (QED) is 0.798. The Morgan fingerprint density at radius 3 is 2.86 bits per heavy atom. The maximum Gasteiger partial charge on any atom is 0.163 e. The molecule has 0 aliphatic carbocycles. The molecule has 5 nitrogen and oxygen atoms in total. The average Bonchev–Trinajstić information content (AvgIpc) is 2.55. The van der Waals surface area contributed by atoms with Crippen molar-refractivity contribution >= 4 is 17.4 Å². The molecule has 1 aliphatic rings. The highest BCUT2D eigenvalue weighted by molar-refractivity contribution is 6.29. The predicted octanol–water partition coefficient (Wildman–Crippen LogP) is 2.53. The van der Waals surface area contributed by atoms with Crippen LogP contribution >= 0.6 is 11.6 Å². The Morgan fingerprint density at radius 2 is 2.10 bits per heavy atom. The van der Waals surface area contributed by atoms with Gasteiger partial charge in [-0.25, -0.2) is 9.97 Å². The van der Waals surface area contributed by atoms with Gasteiger partial charge in [-0.05, 0) is 0 Å². The lowest BCUT2D eigenvalue weighted by molar-refractivity contribution is 0.0761. The van der Waals surface area contributed by atoms with Gasteiger partial charge in [-0.3, -0.25) is 0 Å². The van der Waals surface area contributed by atoms with Crippen molar-refractivity contribution in [1.82, 2.24) is 9.97 Å². The summed E-state index contributed by atoms with van der Waals surface area (Å²) in [6.07, 6.45) is -0.437. The van der Waals surface area contributed by atoms with Crippen LogP contribution in [-0.4, -0.2) is 35.8 Å². The number of rotatable bonds is 2. The largest absolute Gasteiger partial charge is 0.360 e. The molecule has 2 heterocycles. The predicted molar refractivity (Wildman–Crippen MR) is 80.0 cm³/mol. The van der Waals surface area contributed by atoms with Crippen molar-refractivity contribution in [2.24, 2.45) is 0 Å². The van der Waals surface area contributed by atoms with Crippen LogP contribution in [0.3, 0.4) is 0 Å². The number of anilines is 1. The second-order valence-corrected chi connectivity index (χ2v) is 5.06. The molecule has 6 heteroatoms. The first-order valence-electron chi connectivity index (χ1n) is 6.62. The van der Waals surface area contributed by atoms with E-state index in [1.165, 1.54) is 0 Å². The highest BCUT2D eigenvalue weighted by atomic mass is 35.5. The second-order valence-electron chi connectivity index (χ2n) is 4.67. The van der Waals surface area contributed by atoms with Gasteiger partial charge in [0.05, 0.1) is 19.2 Å². The topological polar surface area (TPSA) is 62.0 Å². The maximum atomic E-state index is 8.98. The van der Waals surface area contributed by atoms with Gasteiger partial charge >= 0.3 is 0 Å². The van der Waals surface area contributed by atoms with Gasteiger partial charge < -0.3 is 9.64 Å². The fraction of sp³-hybridized carbons (Fsp3) is 0.267. The molecule has 0 spiro atoms. The van der Waals surface area contributed by atoms with Crippen molar-refractivity contribution in [3.05, 3.63) is 41.6 Å². The van der Waals surface area contributed by atoms with Gasteiger partial charge in [-0.15, -0.1) is 0 Å². The normalized spacial score (nSPS) is 18.3. The molecular formula is C15H13ClN4O. The molecule has 1 unspecified atom stereocenters. The minimum atomic E-state index is -0.437. The lowest BCUT2D eigenvalue weighted by Crippen LogP contribution is -2.42. The Kier molecular flexibility index (Phi) is 4.00. The van der Waals surface area contributed by atoms with Crippen LogP contribution in [0.2, 0.25) is 5.15 Å². The van der Waals surface area contributed by atoms with Gasteiger partial charge in [-0.2, -0.15) is 5.26 Å². The van der Waals surface area contributed by atoms with E-state index in [-0.39, 0.29) is 0 Å². The maximum absolute atomic E-state index is 8.98. The molecule has 0 bridgehead atoms. The zero-order chi connectivity index (χ0) is 14.7. The van der Waals surface area contributed by atoms with Crippen molar-refractivity contribution < 1.29 is 4.74 Å². The minimum absolute atomic E-state index is 0.388. The highest BCUT2D eigenvalue weighted by Gasteiger charge is 2.22. The summed E-state index contributed by atoms with van der Waals surface area (Å²) in [5, 5.41) is 9.37. The number of nitriles is 1. The molecule has 1 saturated heterocycles. The zero-order valence-corrected chi connectivity index (χ0v) is 12.0. The van der Waals surface area contributed by atoms with E-state index in [9.17, 15) is 0 Å². The lowest BCUT2D eigenvalue weighted by atomic mass is 10.2. The molecule has 2 aromatic rings. The van der Waals surface area contributed by atoms with Crippen LogP contribution in [0.5, 0.6) is 0 Å². The van der Waals surface area contributed by atoms with Crippen molar-refractivity contribution in [2.45, 2.75) is 6.10 Å². The standard InChI is InChI=1S/C15H13ClN4O/c16-13-8-14(20-6-7-21-12(9-17)10-20)19-15(18-13)11-4-2-1-3-5-11/h1-5,8,12H,6-7,10H2. The summed E-state index contributed by atoms with van der Waals surface area (Å²) in [6, 6.07) is 13.5. The third kappa shape index (κ3) is 3.13. The molecular weight excluding hydrogens is 288 g/mol. The molecule has 1 fully saturated rings. The van der Waals surface area contributed by atoms with E-state index in [0.29, 0.717) is 30.7 Å². The number of morpholine rings is 1. The number of benzene rings is 1. The van der Waals surface area contributed by atoms with Crippen LogP contribution in [0.4, 0.5) is 5.82 Å². The molecule has 0 saturated carbocycles. The van der Waals surface area contributed by atoms with Gasteiger partial charge in [0, 0.05) is 18.2 Å².